The first-order valence-electron chi connectivity index (χ1n) is 10.5. The van der Waals surface area contributed by atoms with Crippen molar-refractivity contribution in [2.24, 2.45) is 0 Å². The van der Waals surface area contributed by atoms with Crippen molar-refractivity contribution in [3.63, 3.8) is 0 Å². The molecule has 4 rings (SSSR count). The lowest BCUT2D eigenvalue weighted by molar-refractivity contribution is 0.0983. The summed E-state index contributed by atoms with van der Waals surface area (Å²) < 4.78 is 25.5. The van der Waals surface area contributed by atoms with E-state index in [0.29, 0.717) is 23.4 Å². The van der Waals surface area contributed by atoms with Gasteiger partial charge in [0.2, 0.25) is 10.0 Å². The Morgan fingerprint density at radius 3 is 2.45 bits per heavy atom. The van der Waals surface area contributed by atoms with E-state index in [1.807, 2.05) is 12.1 Å². The Kier molecular flexibility index (Phi) is 6.26. The van der Waals surface area contributed by atoms with Gasteiger partial charge in [-0.25, -0.2) is 12.7 Å². The van der Waals surface area contributed by atoms with E-state index in [1.54, 1.807) is 35.5 Å². The lowest BCUT2D eigenvalue weighted by Gasteiger charge is -2.30. The number of aryl methyl sites for hydroxylation is 1. The Morgan fingerprint density at radius 2 is 1.79 bits per heavy atom. The molecule has 3 aromatic rings. The van der Waals surface area contributed by atoms with Gasteiger partial charge in [0.1, 0.15) is 0 Å². The number of pyridine rings is 1. The van der Waals surface area contributed by atoms with E-state index in [9.17, 15) is 18.0 Å². The fourth-order valence-corrected chi connectivity index (χ4v) is 4.62. The molecule has 1 aliphatic rings. The second-order valence-corrected chi connectivity index (χ2v) is 10.1. The molecule has 0 fully saturated rings. The number of rotatable bonds is 5. The smallest absolute Gasteiger partial charge is 0.259 e. The van der Waals surface area contributed by atoms with Gasteiger partial charge in [-0.1, -0.05) is 0 Å². The number of fused-ring (bicyclic) bond motifs is 1. The average Bonchev–Trinajstić information content (AvgIpc) is 2.83. The summed E-state index contributed by atoms with van der Waals surface area (Å²) in [5.41, 5.74) is 3.29. The van der Waals surface area contributed by atoms with Crippen LogP contribution in [0.3, 0.4) is 0 Å². The first-order chi connectivity index (χ1) is 15.8. The van der Waals surface area contributed by atoms with Gasteiger partial charge in [0, 0.05) is 50.0 Å². The molecule has 0 radical (unpaired) electrons. The molecule has 9 heteroatoms. The number of sulfonamides is 1. The quantitative estimate of drug-likeness (QED) is 0.625. The number of carbonyl (C=O) groups is 2. The molecule has 1 N–H and O–H groups in total. The van der Waals surface area contributed by atoms with Gasteiger partial charge in [-0.05, 0) is 73.0 Å². The van der Waals surface area contributed by atoms with Crippen LogP contribution in [0.2, 0.25) is 0 Å². The van der Waals surface area contributed by atoms with Crippen LogP contribution in [0.25, 0.3) is 0 Å². The molecule has 1 aliphatic heterocycles. The molecular formula is C24H24N4O4S. The van der Waals surface area contributed by atoms with E-state index in [1.165, 1.54) is 38.4 Å². The van der Waals surface area contributed by atoms with Gasteiger partial charge >= 0.3 is 0 Å². The fraction of sp³-hybridized carbons (Fsp3) is 0.208. The van der Waals surface area contributed by atoms with Crippen LogP contribution in [0.5, 0.6) is 0 Å². The van der Waals surface area contributed by atoms with Crippen molar-refractivity contribution < 1.29 is 18.0 Å². The summed E-state index contributed by atoms with van der Waals surface area (Å²) in [7, 11) is -0.644. The zero-order valence-electron chi connectivity index (χ0n) is 18.4. The third-order valence-electron chi connectivity index (χ3n) is 5.50. The number of hydrogen-bond donors (Lipinski definition) is 1. The molecule has 0 aliphatic carbocycles. The fourth-order valence-electron chi connectivity index (χ4n) is 3.72. The second-order valence-electron chi connectivity index (χ2n) is 7.91. The largest absolute Gasteiger partial charge is 0.322 e. The topological polar surface area (TPSA) is 99.7 Å². The minimum absolute atomic E-state index is 0.103. The van der Waals surface area contributed by atoms with Crippen LogP contribution in [-0.2, 0) is 16.4 Å². The molecule has 0 spiro atoms. The highest BCUT2D eigenvalue weighted by atomic mass is 32.2. The van der Waals surface area contributed by atoms with Gasteiger partial charge in [0.05, 0.1) is 10.5 Å². The number of nitrogens with one attached hydrogen (secondary N) is 1. The molecule has 8 nitrogen and oxygen atoms in total. The highest BCUT2D eigenvalue weighted by Crippen LogP contribution is 2.31. The van der Waals surface area contributed by atoms with E-state index >= 15 is 0 Å². The van der Waals surface area contributed by atoms with Gasteiger partial charge in [-0.3, -0.25) is 14.6 Å². The number of nitrogens with zero attached hydrogens (tertiary/aromatic N) is 3. The summed E-state index contributed by atoms with van der Waals surface area (Å²) in [6.45, 7) is 0.620. The van der Waals surface area contributed by atoms with E-state index in [2.05, 4.69) is 10.3 Å². The normalized spacial score (nSPS) is 13.5. The Morgan fingerprint density at radius 1 is 1.03 bits per heavy atom. The third kappa shape index (κ3) is 4.64. The monoisotopic (exact) mass is 464 g/mol. The molecular weight excluding hydrogens is 440 g/mol. The molecule has 0 bridgehead atoms. The van der Waals surface area contributed by atoms with Crippen molar-refractivity contribution in [2.75, 3.05) is 30.9 Å². The van der Waals surface area contributed by atoms with Gasteiger partial charge in [-0.2, -0.15) is 0 Å². The Labute approximate surface area is 192 Å². The summed E-state index contributed by atoms with van der Waals surface area (Å²) in [6.07, 6.45) is 4.80. The lowest BCUT2D eigenvalue weighted by Crippen LogP contribution is -2.35. The Bertz CT molecular complexity index is 1290. The molecule has 33 heavy (non-hydrogen) atoms. The minimum atomic E-state index is -3.56. The number of amides is 2. The Hall–Kier alpha value is -3.56. The number of anilines is 2. The number of carbonyl (C=O) groups excluding carboxylic acids is 2. The lowest BCUT2D eigenvalue weighted by atomic mass is 10.00. The van der Waals surface area contributed by atoms with Crippen molar-refractivity contribution >= 4 is 33.2 Å². The predicted molar refractivity (Wildman–Crippen MR) is 126 cm³/mol. The number of benzene rings is 2. The van der Waals surface area contributed by atoms with Crippen molar-refractivity contribution in [2.45, 2.75) is 17.7 Å². The van der Waals surface area contributed by atoms with Crippen molar-refractivity contribution in [1.29, 1.82) is 0 Å². The molecule has 1 aromatic heterocycles. The third-order valence-corrected chi connectivity index (χ3v) is 7.33. The standard InChI is InChI=1S/C24H24N4O4S/c1-27(2)33(31,32)21-10-7-17(8-11-21)23(29)26-20-9-12-22-18(15-20)6-4-14-28(22)24(30)19-5-3-13-25-16-19/h3,5,7-13,15-16H,4,6,14H2,1-2H3,(H,26,29). The SMILES string of the molecule is CN(C)S(=O)(=O)c1ccc(C(=O)Nc2ccc3c(c2)CCCN3C(=O)c2cccnc2)cc1. The molecule has 2 heterocycles. The average molecular weight is 465 g/mol. The zero-order chi connectivity index (χ0) is 23.6. The highest BCUT2D eigenvalue weighted by Gasteiger charge is 2.24. The summed E-state index contributed by atoms with van der Waals surface area (Å²) in [5, 5.41) is 2.85. The van der Waals surface area contributed by atoms with E-state index < -0.39 is 10.0 Å². The molecule has 170 valence electrons. The maximum atomic E-state index is 12.9. The summed E-state index contributed by atoms with van der Waals surface area (Å²) >= 11 is 0. The predicted octanol–water partition coefficient (Wildman–Crippen LogP) is 3.18. The molecule has 2 aromatic carbocycles. The Balaban J connectivity index is 1.51. The van der Waals surface area contributed by atoms with Gasteiger partial charge in [0.15, 0.2) is 0 Å². The second kappa shape index (κ2) is 9.13. The van der Waals surface area contributed by atoms with Crippen LogP contribution in [0.15, 0.2) is 71.9 Å². The van der Waals surface area contributed by atoms with E-state index in [-0.39, 0.29) is 16.7 Å². The summed E-state index contributed by atoms with van der Waals surface area (Å²) in [5.74, 6) is -0.448. The molecule has 0 saturated carbocycles. The van der Waals surface area contributed by atoms with Crippen molar-refractivity contribution in [3.05, 3.63) is 83.7 Å². The molecule has 2 amide bonds. The molecule has 0 atom stereocenters. The first kappa shape index (κ1) is 22.6. The van der Waals surface area contributed by atoms with Crippen LogP contribution in [0.1, 0.15) is 32.7 Å². The molecule has 0 saturated heterocycles. The van der Waals surface area contributed by atoms with Gasteiger partial charge in [0.25, 0.3) is 11.8 Å². The van der Waals surface area contributed by atoms with Crippen molar-refractivity contribution in [3.8, 4) is 0 Å². The van der Waals surface area contributed by atoms with Crippen LogP contribution in [0, 0.1) is 0 Å². The van der Waals surface area contributed by atoms with Crippen LogP contribution >= 0.6 is 0 Å². The van der Waals surface area contributed by atoms with Gasteiger partial charge < -0.3 is 10.2 Å². The molecule has 0 unspecified atom stereocenters. The number of aromatic nitrogens is 1. The maximum absolute atomic E-state index is 12.9. The number of hydrogen-bond acceptors (Lipinski definition) is 5. The minimum Gasteiger partial charge on any atom is -0.322 e. The zero-order valence-corrected chi connectivity index (χ0v) is 19.2. The van der Waals surface area contributed by atoms with Crippen LogP contribution in [0.4, 0.5) is 11.4 Å². The van der Waals surface area contributed by atoms with E-state index in [4.69, 9.17) is 0 Å². The van der Waals surface area contributed by atoms with Gasteiger partial charge in [-0.15, -0.1) is 0 Å². The van der Waals surface area contributed by atoms with Crippen LogP contribution in [-0.4, -0.2) is 50.2 Å². The van der Waals surface area contributed by atoms with E-state index in [0.717, 1.165) is 28.4 Å². The van der Waals surface area contributed by atoms with Crippen LogP contribution < -0.4 is 10.2 Å². The van der Waals surface area contributed by atoms with Crippen molar-refractivity contribution in [1.82, 2.24) is 9.29 Å². The summed E-state index contributed by atoms with van der Waals surface area (Å²) in [6, 6.07) is 14.8. The summed E-state index contributed by atoms with van der Waals surface area (Å²) in [4.78, 5) is 31.5. The maximum Gasteiger partial charge on any atom is 0.259 e. The highest BCUT2D eigenvalue weighted by molar-refractivity contribution is 7.89. The first-order valence-corrected chi connectivity index (χ1v) is 11.9.